The lowest BCUT2D eigenvalue weighted by Gasteiger charge is -2.18. The van der Waals surface area contributed by atoms with Crippen molar-refractivity contribution in [2.24, 2.45) is 5.92 Å². The number of carbonyl (C=O) groups excluding carboxylic acids is 1. The van der Waals surface area contributed by atoms with E-state index in [-0.39, 0.29) is 17.2 Å². The lowest BCUT2D eigenvalue weighted by atomic mass is 9.89. The number of aryl methyl sites for hydroxylation is 1. The maximum Gasteiger partial charge on any atom is 0.267 e. The molecule has 38 heavy (non-hydrogen) atoms. The van der Waals surface area contributed by atoms with Gasteiger partial charge in [0.05, 0.1) is 30.0 Å². The Morgan fingerprint density at radius 1 is 1.08 bits per heavy atom. The second-order valence-corrected chi connectivity index (χ2v) is 11.3. The molecular formula is C29H31N3O4S2. The average molecular weight is 550 g/mol. The first kappa shape index (κ1) is 26.3. The predicted molar refractivity (Wildman–Crippen MR) is 155 cm³/mol. The Kier molecular flexibility index (Phi) is 8.04. The summed E-state index contributed by atoms with van der Waals surface area (Å²) in [5, 5.41) is 4.13. The fourth-order valence-electron chi connectivity index (χ4n) is 4.68. The van der Waals surface area contributed by atoms with E-state index in [4.69, 9.17) is 14.5 Å². The molecule has 4 aromatic rings. The molecule has 1 N–H and O–H groups in total. The molecule has 9 heteroatoms. The van der Waals surface area contributed by atoms with Crippen LogP contribution in [0.1, 0.15) is 37.6 Å². The minimum atomic E-state index is -0.175. The Hall–Kier alpha value is -3.30. The third-order valence-corrected chi connectivity index (χ3v) is 8.57. The van der Waals surface area contributed by atoms with Gasteiger partial charge in [-0.15, -0.1) is 11.3 Å². The molecule has 2 aromatic heterocycles. The van der Waals surface area contributed by atoms with E-state index in [0.29, 0.717) is 41.0 Å². The quantitative estimate of drug-likeness (QED) is 0.201. The molecule has 1 unspecified atom stereocenters. The van der Waals surface area contributed by atoms with Gasteiger partial charge in [-0.3, -0.25) is 14.2 Å². The molecule has 1 atom stereocenters. The number of rotatable bonds is 9. The maximum atomic E-state index is 14.0. The summed E-state index contributed by atoms with van der Waals surface area (Å²) in [6, 6.07) is 14.7. The van der Waals surface area contributed by atoms with Gasteiger partial charge in [-0.2, -0.15) is 0 Å². The number of thiophene rings is 1. The number of carbonyl (C=O) groups is 1. The van der Waals surface area contributed by atoms with Crippen LogP contribution in [0.4, 0.5) is 5.69 Å². The van der Waals surface area contributed by atoms with Gasteiger partial charge in [-0.1, -0.05) is 18.7 Å². The number of benzene rings is 2. The smallest absolute Gasteiger partial charge is 0.267 e. The summed E-state index contributed by atoms with van der Waals surface area (Å²) in [7, 11) is 0. The minimum Gasteiger partial charge on any atom is -0.494 e. The van der Waals surface area contributed by atoms with Crippen LogP contribution >= 0.6 is 23.1 Å². The fraction of sp³-hybridized carbons (Fsp3) is 0.345. The van der Waals surface area contributed by atoms with Gasteiger partial charge in [0.2, 0.25) is 5.91 Å². The van der Waals surface area contributed by atoms with E-state index in [1.165, 1.54) is 16.6 Å². The van der Waals surface area contributed by atoms with Gasteiger partial charge in [0, 0.05) is 10.6 Å². The van der Waals surface area contributed by atoms with Gasteiger partial charge in [0.1, 0.15) is 16.3 Å². The van der Waals surface area contributed by atoms with Crippen molar-refractivity contribution in [1.29, 1.82) is 0 Å². The number of nitrogens with zero attached hydrogens (tertiary/aromatic N) is 2. The second-order valence-electron chi connectivity index (χ2n) is 9.29. The number of nitrogens with one attached hydrogen (secondary N) is 1. The maximum absolute atomic E-state index is 14.0. The number of amides is 1. The summed E-state index contributed by atoms with van der Waals surface area (Å²) in [5.41, 5.74) is 2.45. The van der Waals surface area contributed by atoms with Crippen LogP contribution in [-0.2, 0) is 17.6 Å². The molecule has 1 aliphatic carbocycles. The van der Waals surface area contributed by atoms with Crippen molar-refractivity contribution in [3.8, 4) is 17.2 Å². The van der Waals surface area contributed by atoms with Crippen molar-refractivity contribution >= 4 is 44.9 Å². The molecule has 0 aliphatic heterocycles. The Morgan fingerprint density at radius 3 is 2.39 bits per heavy atom. The zero-order chi connectivity index (χ0) is 26.6. The van der Waals surface area contributed by atoms with Crippen LogP contribution in [0.15, 0.2) is 58.5 Å². The zero-order valence-corrected chi connectivity index (χ0v) is 23.4. The average Bonchev–Trinajstić information content (AvgIpc) is 3.27. The summed E-state index contributed by atoms with van der Waals surface area (Å²) in [5.74, 6) is 2.04. The van der Waals surface area contributed by atoms with Crippen LogP contribution in [0.25, 0.3) is 15.9 Å². The molecule has 5 rings (SSSR count). The summed E-state index contributed by atoms with van der Waals surface area (Å²) < 4.78 is 12.7. The molecule has 2 heterocycles. The highest BCUT2D eigenvalue weighted by atomic mass is 32.2. The van der Waals surface area contributed by atoms with Crippen LogP contribution in [0.5, 0.6) is 11.5 Å². The number of anilines is 1. The lowest BCUT2D eigenvalue weighted by Crippen LogP contribution is -2.23. The van der Waals surface area contributed by atoms with Gasteiger partial charge >= 0.3 is 0 Å². The molecule has 7 nitrogen and oxygen atoms in total. The van der Waals surface area contributed by atoms with Crippen molar-refractivity contribution in [3.63, 3.8) is 0 Å². The van der Waals surface area contributed by atoms with E-state index < -0.39 is 0 Å². The Labute approximate surface area is 230 Å². The van der Waals surface area contributed by atoms with Gasteiger partial charge in [-0.05, 0) is 93.1 Å². The van der Waals surface area contributed by atoms with E-state index >= 15 is 0 Å². The normalized spacial score (nSPS) is 14.8. The molecule has 2 aromatic carbocycles. The third-order valence-electron chi connectivity index (χ3n) is 6.49. The van der Waals surface area contributed by atoms with E-state index in [1.54, 1.807) is 15.9 Å². The molecule has 0 bridgehead atoms. The minimum absolute atomic E-state index is 0.0827. The largest absolute Gasteiger partial charge is 0.494 e. The third kappa shape index (κ3) is 5.59. The molecule has 198 valence electrons. The second kappa shape index (κ2) is 11.6. The Bertz CT molecular complexity index is 1490. The number of thioether (sulfide) groups is 1. The van der Waals surface area contributed by atoms with Crippen LogP contribution < -0.4 is 20.3 Å². The highest BCUT2D eigenvalue weighted by Crippen LogP contribution is 2.37. The van der Waals surface area contributed by atoms with Crippen molar-refractivity contribution in [1.82, 2.24) is 9.55 Å². The first-order valence-electron chi connectivity index (χ1n) is 12.9. The SMILES string of the molecule is CCOc1ccc(NC(=O)CSc2nc3sc4c(c3c(=O)n2-c2ccc(OCC)cc2)CCC(C)C4)cc1. The number of hydrogen-bond donors (Lipinski definition) is 1. The van der Waals surface area contributed by atoms with E-state index in [1.807, 2.05) is 62.4 Å². The van der Waals surface area contributed by atoms with E-state index in [2.05, 4.69) is 12.2 Å². The predicted octanol–water partition coefficient (Wildman–Crippen LogP) is 6.10. The van der Waals surface area contributed by atoms with Gasteiger partial charge in [-0.25, -0.2) is 4.98 Å². The standard InChI is InChI=1S/C29H31N3O4S2/c1-4-35-21-11-7-19(8-12-21)30-25(33)17-37-29-31-27-26(23-15-6-18(3)16-24(23)38-27)28(34)32(29)20-9-13-22(14-10-20)36-5-2/h7-14,18H,4-6,15-17H2,1-3H3,(H,30,33). The number of ether oxygens (including phenoxy) is 2. The van der Waals surface area contributed by atoms with Crippen molar-refractivity contribution in [3.05, 3.63) is 69.3 Å². The summed E-state index contributed by atoms with van der Waals surface area (Å²) in [4.78, 5) is 33.7. The molecule has 0 fully saturated rings. The zero-order valence-electron chi connectivity index (χ0n) is 21.8. The molecule has 1 aliphatic rings. The molecular weight excluding hydrogens is 518 g/mol. The van der Waals surface area contributed by atoms with Crippen molar-refractivity contribution < 1.29 is 14.3 Å². The molecule has 0 saturated heterocycles. The Balaban J connectivity index is 1.46. The highest BCUT2D eigenvalue weighted by Gasteiger charge is 2.25. The number of aromatic nitrogens is 2. The first-order chi connectivity index (χ1) is 18.5. The highest BCUT2D eigenvalue weighted by molar-refractivity contribution is 7.99. The van der Waals surface area contributed by atoms with E-state index in [9.17, 15) is 9.59 Å². The van der Waals surface area contributed by atoms with Crippen molar-refractivity contribution in [2.75, 3.05) is 24.3 Å². The van der Waals surface area contributed by atoms with Crippen LogP contribution in [-0.4, -0.2) is 34.4 Å². The van der Waals surface area contributed by atoms with Crippen LogP contribution in [0.2, 0.25) is 0 Å². The molecule has 0 radical (unpaired) electrons. The first-order valence-corrected chi connectivity index (χ1v) is 14.7. The molecule has 1 amide bonds. The fourth-order valence-corrected chi connectivity index (χ4v) is 6.92. The monoisotopic (exact) mass is 549 g/mol. The van der Waals surface area contributed by atoms with Crippen LogP contribution in [0, 0.1) is 5.92 Å². The molecule has 0 saturated carbocycles. The number of hydrogen-bond acceptors (Lipinski definition) is 7. The van der Waals surface area contributed by atoms with Gasteiger partial charge in [0.15, 0.2) is 5.16 Å². The van der Waals surface area contributed by atoms with Crippen molar-refractivity contribution in [2.45, 2.75) is 45.2 Å². The number of fused-ring (bicyclic) bond motifs is 3. The lowest BCUT2D eigenvalue weighted by molar-refractivity contribution is -0.113. The van der Waals surface area contributed by atoms with Gasteiger partial charge < -0.3 is 14.8 Å². The topological polar surface area (TPSA) is 82.5 Å². The molecule has 0 spiro atoms. The summed E-state index contributed by atoms with van der Waals surface area (Å²) in [6.07, 6.45) is 2.95. The Morgan fingerprint density at radius 2 is 1.74 bits per heavy atom. The van der Waals surface area contributed by atoms with E-state index in [0.717, 1.165) is 41.2 Å². The van der Waals surface area contributed by atoms with Crippen LogP contribution in [0.3, 0.4) is 0 Å². The summed E-state index contributed by atoms with van der Waals surface area (Å²) in [6.45, 7) is 7.27. The van der Waals surface area contributed by atoms with Gasteiger partial charge in [0.25, 0.3) is 5.56 Å². The summed E-state index contributed by atoms with van der Waals surface area (Å²) >= 11 is 2.88.